The molecular formula is C21H15BrCl2N2O2S. The van der Waals surface area contributed by atoms with Gasteiger partial charge < -0.3 is 9.73 Å². The second-order valence-corrected chi connectivity index (χ2v) is 8.15. The SMILES string of the molecule is Cc1cc(Br)ccc1NC(=S)NC(=O)C=Cc1ccc(-c2cccc(Cl)c2Cl)o1. The van der Waals surface area contributed by atoms with E-state index in [2.05, 4.69) is 26.6 Å². The lowest BCUT2D eigenvalue weighted by Gasteiger charge is -2.10. The normalized spacial score (nSPS) is 10.9. The van der Waals surface area contributed by atoms with Crippen molar-refractivity contribution in [2.75, 3.05) is 5.32 Å². The van der Waals surface area contributed by atoms with E-state index in [1.54, 1.807) is 30.3 Å². The van der Waals surface area contributed by atoms with Crippen molar-refractivity contribution in [1.82, 2.24) is 5.32 Å². The Bertz CT molecular complexity index is 1110. The lowest BCUT2D eigenvalue weighted by atomic mass is 10.2. The van der Waals surface area contributed by atoms with Crippen LogP contribution in [0.4, 0.5) is 5.69 Å². The van der Waals surface area contributed by atoms with Crippen molar-refractivity contribution in [3.05, 3.63) is 80.4 Å². The van der Waals surface area contributed by atoms with Gasteiger partial charge in [-0.05, 0) is 73.2 Å². The molecule has 4 nitrogen and oxygen atoms in total. The molecule has 2 N–H and O–H groups in total. The van der Waals surface area contributed by atoms with Crippen molar-refractivity contribution in [1.29, 1.82) is 0 Å². The highest BCUT2D eigenvalue weighted by molar-refractivity contribution is 9.10. The largest absolute Gasteiger partial charge is 0.457 e. The van der Waals surface area contributed by atoms with Gasteiger partial charge in [-0.1, -0.05) is 45.2 Å². The summed E-state index contributed by atoms with van der Waals surface area (Å²) in [6.45, 7) is 1.94. The zero-order valence-electron chi connectivity index (χ0n) is 15.1. The summed E-state index contributed by atoms with van der Waals surface area (Å²) in [5.74, 6) is 0.672. The fourth-order valence-corrected chi connectivity index (χ4v) is 3.59. The third-order valence-corrected chi connectivity index (χ3v) is 5.43. The van der Waals surface area contributed by atoms with E-state index in [1.165, 1.54) is 6.08 Å². The third-order valence-electron chi connectivity index (χ3n) is 3.92. The average molecular weight is 510 g/mol. The summed E-state index contributed by atoms with van der Waals surface area (Å²) < 4.78 is 6.69. The molecule has 0 unspecified atom stereocenters. The molecule has 1 heterocycles. The molecule has 0 atom stereocenters. The van der Waals surface area contributed by atoms with Gasteiger partial charge in [0, 0.05) is 21.8 Å². The molecule has 1 aromatic heterocycles. The predicted molar refractivity (Wildman–Crippen MR) is 126 cm³/mol. The second kappa shape index (κ2) is 9.59. The number of thiocarbonyl (C=S) groups is 1. The number of carbonyl (C=O) groups is 1. The van der Waals surface area contributed by atoms with Gasteiger partial charge in [0.25, 0.3) is 0 Å². The summed E-state index contributed by atoms with van der Waals surface area (Å²) in [4.78, 5) is 12.1. The molecule has 0 aliphatic rings. The van der Waals surface area contributed by atoms with Crippen molar-refractivity contribution in [2.24, 2.45) is 0 Å². The van der Waals surface area contributed by atoms with Crippen LogP contribution in [0.25, 0.3) is 17.4 Å². The van der Waals surface area contributed by atoms with Crippen molar-refractivity contribution < 1.29 is 9.21 Å². The minimum Gasteiger partial charge on any atom is -0.457 e. The maximum atomic E-state index is 12.1. The Morgan fingerprint density at radius 3 is 2.72 bits per heavy atom. The average Bonchev–Trinajstić information content (AvgIpc) is 3.13. The van der Waals surface area contributed by atoms with Crippen molar-refractivity contribution in [3.8, 4) is 11.3 Å². The Hall–Kier alpha value is -2.12. The Labute approximate surface area is 192 Å². The van der Waals surface area contributed by atoms with Crippen molar-refractivity contribution >= 4 is 74.1 Å². The van der Waals surface area contributed by atoms with Crippen LogP contribution in [0.5, 0.6) is 0 Å². The first-order valence-electron chi connectivity index (χ1n) is 8.44. The van der Waals surface area contributed by atoms with Gasteiger partial charge in [0.05, 0.1) is 10.0 Å². The third kappa shape index (κ3) is 5.70. The van der Waals surface area contributed by atoms with Crippen LogP contribution in [0.2, 0.25) is 10.0 Å². The first-order valence-corrected chi connectivity index (χ1v) is 10.4. The number of rotatable bonds is 4. The Balaban J connectivity index is 1.61. The van der Waals surface area contributed by atoms with Crippen LogP contribution in [0, 0.1) is 6.92 Å². The number of nitrogens with one attached hydrogen (secondary N) is 2. The molecule has 0 spiro atoms. The smallest absolute Gasteiger partial charge is 0.250 e. The summed E-state index contributed by atoms with van der Waals surface area (Å²) in [6.07, 6.45) is 2.88. The molecule has 0 saturated heterocycles. The van der Waals surface area contributed by atoms with Gasteiger partial charge in [-0.15, -0.1) is 0 Å². The Kier molecular flexibility index (Phi) is 7.14. The van der Waals surface area contributed by atoms with Crippen molar-refractivity contribution in [3.63, 3.8) is 0 Å². The van der Waals surface area contributed by atoms with E-state index in [1.807, 2.05) is 31.2 Å². The number of furan rings is 1. The summed E-state index contributed by atoms with van der Waals surface area (Å²) in [6, 6.07) is 14.5. The molecule has 0 aliphatic carbocycles. The fourth-order valence-electron chi connectivity index (χ4n) is 2.51. The summed E-state index contributed by atoms with van der Waals surface area (Å²) in [7, 11) is 0. The number of anilines is 1. The number of aryl methyl sites for hydroxylation is 1. The maximum Gasteiger partial charge on any atom is 0.250 e. The van der Waals surface area contributed by atoms with Gasteiger partial charge in [0.2, 0.25) is 5.91 Å². The van der Waals surface area contributed by atoms with E-state index in [9.17, 15) is 4.79 Å². The van der Waals surface area contributed by atoms with Crippen LogP contribution in [0.1, 0.15) is 11.3 Å². The zero-order chi connectivity index (χ0) is 21.0. The molecule has 148 valence electrons. The molecular weight excluding hydrogens is 495 g/mol. The topological polar surface area (TPSA) is 54.3 Å². The summed E-state index contributed by atoms with van der Waals surface area (Å²) in [5.41, 5.74) is 2.49. The maximum absolute atomic E-state index is 12.1. The minimum atomic E-state index is -0.379. The Morgan fingerprint density at radius 2 is 1.97 bits per heavy atom. The highest BCUT2D eigenvalue weighted by Gasteiger charge is 2.10. The first kappa shape index (κ1) is 21.6. The molecule has 0 radical (unpaired) electrons. The fraction of sp³-hybridized carbons (Fsp3) is 0.0476. The van der Waals surface area contributed by atoms with E-state index in [0.717, 1.165) is 15.7 Å². The molecule has 3 rings (SSSR count). The Morgan fingerprint density at radius 1 is 1.17 bits per heavy atom. The van der Waals surface area contributed by atoms with Gasteiger partial charge in [0.1, 0.15) is 11.5 Å². The summed E-state index contributed by atoms with van der Waals surface area (Å²) in [5, 5.41) is 6.66. The van der Waals surface area contributed by atoms with Gasteiger partial charge in [-0.25, -0.2) is 0 Å². The van der Waals surface area contributed by atoms with Crippen molar-refractivity contribution in [2.45, 2.75) is 6.92 Å². The number of amides is 1. The molecule has 2 aromatic carbocycles. The van der Waals surface area contributed by atoms with E-state index in [0.29, 0.717) is 27.1 Å². The second-order valence-electron chi connectivity index (χ2n) is 6.04. The monoisotopic (exact) mass is 508 g/mol. The van der Waals surface area contributed by atoms with Crippen LogP contribution < -0.4 is 10.6 Å². The molecule has 0 aliphatic heterocycles. The van der Waals surface area contributed by atoms with Crippen LogP contribution in [0.15, 0.2) is 63.5 Å². The van der Waals surface area contributed by atoms with Crippen LogP contribution in [-0.4, -0.2) is 11.0 Å². The van der Waals surface area contributed by atoms with E-state index in [4.69, 9.17) is 39.8 Å². The number of benzene rings is 2. The minimum absolute atomic E-state index is 0.205. The number of hydrogen-bond donors (Lipinski definition) is 2. The van der Waals surface area contributed by atoms with Crippen LogP contribution in [0.3, 0.4) is 0 Å². The van der Waals surface area contributed by atoms with Gasteiger partial charge in [-0.2, -0.15) is 0 Å². The van der Waals surface area contributed by atoms with Gasteiger partial charge >= 0.3 is 0 Å². The van der Waals surface area contributed by atoms with Gasteiger partial charge in [-0.3, -0.25) is 10.1 Å². The number of hydrogen-bond acceptors (Lipinski definition) is 3. The lowest BCUT2D eigenvalue weighted by molar-refractivity contribution is -0.115. The lowest BCUT2D eigenvalue weighted by Crippen LogP contribution is -2.33. The van der Waals surface area contributed by atoms with E-state index < -0.39 is 0 Å². The van der Waals surface area contributed by atoms with Crippen LogP contribution >= 0.6 is 51.3 Å². The first-order chi connectivity index (χ1) is 13.8. The molecule has 0 bridgehead atoms. The quantitative estimate of drug-likeness (QED) is 0.298. The molecule has 0 saturated carbocycles. The highest BCUT2D eigenvalue weighted by atomic mass is 79.9. The van der Waals surface area contributed by atoms with Crippen LogP contribution in [-0.2, 0) is 4.79 Å². The molecule has 0 fully saturated rings. The molecule has 29 heavy (non-hydrogen) atoms. The number of halogens is 3. The zero-order valence-corrected chi connectivity index (χ0v) is 19.0. The molecule has 8 heteroatoms. The standard InChI is InChI=1S/C21H15BrCl2N2O2S/c1-12-11-13(22)5-8-17(12)25-21(29)26-19(27)10-7-14-6-9-18(28-14)15-3-2-4-16(23)20(15)24/h2-11H,1H3,(H2,25,26,27,29). The number of carbonyl (C=O) groups excluding carboxylic acids is 1. The predicted octanol–water partition coefficient (Wildman–Crippen LogP) is 6.85. The van der Waals surface area contributed by atoms with E-state index in [-0.39, 0.29) is 11.0 Å². The van der Waals surface area contributed by atoms with E-state index >= 15 is 0 Å². The highest BCUT2D eigenvalue weighted by Crippen LogP contribution is 2.34. The van der Waals surface area contributed by atoms with Gasteiger partial charge in [0.15, 0.2) is 5.11 Å². The summed E-state index contributed by atoms with van der Waals surface area (Å²) >= 11 is 20.8. The molecule has 1 amide bonds. The molecule has 3 aromatic rings.